The molecule has 1 saturated heterocycles. The van der Waals surface area contributed by atoms with Crippen molar-refractivity contribution in [2.75, 3.05) is 19.7 Å². The van der Waals surface area contributed by atoms with E-state index >= 15 is 0 Å². The van der Waals surface area contributed by atoms with Crippen molar-refractivity contribution in [2.24, 2.45) is 0 Å². The second-order valence-electron chi connectivity index (χ2n) is 3.65. The highest BCUT2D eigenvalue weighted by molar-refractivity contribution is 6.30. The summed E-state index contributed by atoms with van der Waals surface area (Å²) < 4.78 is 18.5. The lowest BCUT2D eigenvalue weighted by Gasteiger charge is -2.23. The van der Waals surface area contributed by atoms with Gasteiger partial charge in [0, 0.05) is 13.1 Å². The Bertz CT molecular complexity index is 339. The molecule has 1 fully saturated rings. The lowest BCUT2D eigenvalue weighted by molar-refractivity contribution is 0.0292. The first-order valence-corrected chi connectivity index (χ1v) is 5.40. The van der Waals surface area contributed by atoms with Gasteiger partial charge in [-0.1, -0.05) is 17.7 Å². The SMILES string of the molecule is Fc1ccc(CC2CNCCO2)cc1Cl. The van der Waals surface area contributed by atoms with E-state index in [1.54, 1.807) is 12.1 Å². The number of nitrogens with one attached hydrogen (secondary N) is 1. The van der Waals surface area contributed by atoms with E-state index in [2.05, 4.69) is 5.32 Å². The van der Waals surface area contributed by atoms with Crippen molar-refractivity contribution in [1.82, 2.24) is 5.32 Å². The molecule has 1 aliphatic heterocycles. The minimum atomic E-state index is -0.372. The lowest BCUT2D eigenvalue weighted by atomic mass is 10.1. The summed E-state index contributed by atoms with van der Waals surface area (Å²) in [6.07, 6.45) is 0.938. The predicted molar refractivity (Wildman–Crippen MR) is 57.7 cm³/mol. The highest BCUT2D eigenvalue weighted by Gasteiger charge is 2.14. The molecular weight excluding hydrogens is 217 g/mol. The van der Waals surface area contributed by atoms with E-state index in [1.165, 1.54) is 6.07 Å². The molecule has 0 amide bonds. The van der Waals surface area contributed by atoms with Crippen molar-refractivity contribution in [2.45, 2.75) is 12.5 Å². The standard InChI is InChI=1S/C11H13ClFNO/c12-10-6-8(1-2-11(10)13)5-9-7-14-3-4-15-9/h1-2,6,9,14H,3-5,7H2. The molecule has 1 aliphatic rings. The summed E-state index contributed by atoms with van der Waals surface area (Å²) in [5, 5.41) is 3.43. The highest BCUT2D eigenvalue weighted by Crippen LogP contribution is 2.17. The van der Waals surface area contributed by atoms with Gasteiger partial charge in [-0.3, -0.25) is 0 Å². The van der Waals surface area contributed by atoms with Crippen molar-refractivity contribution in [1.29, 1.82) is 0 Å². The first-order chi connectivity index (χ1) is 7.25. The van der Waals surface area contributed by atoms with Crippen LogP contribution in [0.5, 0.6) is 0 Å². The fourth-order valence-electron chi connectivity index (χ4n) is 1.68. The molecule has 0 radical (unpaired) electrons. The summed E-state index contributed by atoms with van der Waals surface area (Å²) in [4.78, 5) is 0. The highest BCUT2D eigenvalue weighted by atomic mass is 35.5. The van der Waals surface area contributed by atoms with Crippen LogP contribution in [0.4, 0.5) is 4.39 Å². The van der Waals surface area contributed by atoms with Gasteiger partial charge < -0.3 is 10.1 Å². The van der Waals surface area contributed by atoms with Crippen molar-refractivity contribution in [3.8, 4) is 0 Å². The first kappa shape index (κ1) is 10.9. The normalized spacial score (nSPS) is 21.6. The van der Waals surface area contributed by atoms with Crippen LogP contribution in [0, 0.1) is 5.82 Å². The number of hydrogen-bond acceptors (Lipinski definition) is 2. The number of benzene rings is 1. The van der Waals surface area contributed by atoms with Gasteiger partial charge in [-0.05, 0) is 24.1 Å². The van der Waals surface area contributed by atoms with Crippen LogP contribution in [0.2, 0.25) is 5.02 Å². The van der Waals surface area contributed by atoms with Gasteiger partial charge in [0.05, 0.1) is 17.7 Å². The van der Waals surface area contributed by atoms with Crippen molar-refractivity contribution in [3.63, 3.8) is 0 Å². The quantitative estimate of drug-likeness (QED) is 0.838. The second-order valence-corrected chi connectivity index (χ2v) is 4.06. The Morgan fingerprint density at radius 3 is 3.07 bits per heavy atom. The molecule has 0 bridgehead atoms. The molecule has 0 aliphatic carbocycles. The molecule has 15 heavy (non-hydrogen) atoms. The van der Waals surface area contributed by atoms with Crippen LogP contribution in [-0.4, -0.2) is 25.8 Å². The Morgan fingerprint density at radius 2 is 2.40 bits per heavy atom. The first-order valence-electron chi connectivity index (χ1n) is 5.02. The molecule has 1 N–H and O–H groups in total. The minimum absolute atomic E-state index is 0.167. The maximum absolute atomic E-state index is 12.9. The van der Waals surface area contributed by atoms with Crippen LogP contribution in [0.3, 0.4) is 0 Å². The molecule has 1 atom stereocenters. The molecular formula is C11H13ClFNO. The lowest BCUT2D eigenvalue weighted by Crippen LogP contribution is -2.39. The fraction of sp³-hybridized carbons (Fsp3) is 0.455. The zero-order valence-corrected chi connectivity index (χ0v) is 9.06. The third-order valence-corrected chi connectivity index (χ3v) is 2.74. The van der Waals surface area contributed by atoms with Crippen LogP contribution < -0.4 is 5.32 Å². The van der Waals surface area contributed by atoms with E-state index in [0.717, 1.165) is 31.7 Å². The van der Waals surface area contributed by atoms with E-state index in [9.17, 15) is 4.39 Å². The third-order valence-electron chi connectivity index (χ3n) is 2.45. The molecule has 1 heterocycles. The maximum Gasteiger partial charge on any atom is 0.141 e. The van der Waals surface area contributed by atoms with Crippen LogP contribution in [0.1, 0.15) is 5.56 Å². The van der Waals surface area contributed by atoms with Gasteiger partial charge in [-0.2, -0.15) is 0 Å². The van der Waals surface area contributed by atoms with Gasteiger partial charge in [-0.25, -0.2) is 4.39 Å². The number of rotatable bonds is 2. The zero-order valence-electron chi connectivity index (χ0n) is 8.30. The number of ether oxygens (including phenoxy) is 1. The number of morpholine rings is 1. The predicted octanol–water partition coefficient (Wildman–Crippen LogP) is 2.01. The van der Waals surface area contributed by atoms with Gasteiger partial charge in [0.2, 0.25) is 0 Å². The molecule has 0 aromatic heterocycles. The molecule has 2 rings (SSSR count). The molecule has 1 unspecified atom stereocenters. The number of hydrogen-bond donors (Lipinski definition) is 1. The van der Waals surface area contributed by atoms with Gasteiger partial charge >= 0.3 is 0 Å². The molecule has 2 nitrogen and oxygen atoms in total. The third kappa shape index (κ3) is 2.91. The van der Waals surface area contributed by atoms with Gasteiger partial charge in [0.25, 0.3) is 0 Å². The molecule has 1 aromatic rings. The van der Waals surface area contributed by atoms with Gasteiger partial charge in [-0.15, -0.1) is 0 Å². The largest absolute Gasteiger partial charge is 0.375 e. The van der Waals surface area contributed by atoms with E-state index < -0.39 is 0 Å². The summed E-state index contributed by atoms with van der Waals surface area (Å²) in [6, 6.07) is 4.81. The van der Waals surface area contributed by atoms with E-state index in [0.29, 0.717) is 0 Å². The Balaban J connectivity index is 2.00. The Hall–Kier alpha value is -0.640. The van der Waals surface area contributed by atoms with Crippen LogP contribution in [0.25, 0.3) is 0 Å². The smallest absolute Gasteiger partial charge is 0.141 e. The topological polar surface area (TPSA) is 21.3 Å². The van der Waals surface area contributed by atoms with Gasteiger partial charge in [0.1, 0.15) is 5.82 Å². The summed E-state index contributed by atoms with van der Waals surface area (Å²) in [7, 11) is 0. The van der Waals surface area contributed by atoms with E-state index in [4.69, 9.17) is 16.3 Å². The summed E-state index contributed by atoms with van der Waals surface area (Å²) in [5.41, 5.74) is 1.01. The molecule has 0 saturated carbocycles. The fourth-order valence-corrected chi connectivity index (χ4v) is 1.88. The van der Waals surface area contributed by atoms with Crippen molar-refractivity contribution < 1.29 is 9.13 Å². The average molecular weight is 230 g/mol. The van der Waals surface area contributed by atoms with Gasteiger partial charge in [0.15, 0.2) is 0 Å². The Morgan fingerprint density at radius 1 is 1.53 bits per heavy atom. The van der Waals surface area contributed by atoms with Crippen LogP contribution in [-0.2, 0) is 11.2 Å². The Kier molecular flexibility index (Phi) is 3.57. The molecule has 82 valence electrons. The molecule has 1 aromatic carbocycles. The zero-order chi connectivity index (χ0) is 10.7. The number of halogens is 2. The maximum atomic E-state index is 12.9. The molecule has 4 heteroatoms. The minimum Gasteiger partial charge on any atom is -0.375 e. The Labute approximate surface area is 93.4 Å². The van der Waals surface area contributed by atoms with Crippen molar-refractivity contribution >= 4 is 11.6 Å². The second kappa shape index (κ2) is 4.92. The summed E-state index contributed by atoms with van der Waals surface area (Å²) >= 11 is 5.70. The molecule has 0 spiro atoms. The van der Waals surface area contributed by atoms with E-state index in [-0.39, 0.29) is 16.9 Å². The van der Waals surface area contributed by atoms with Crippen LogP contribution >= 0.6 is 11.6 Å². The monoisotopic (exact) mass is 229 g/mol. The van der Waals surface area contributed by atoms with E-state index in [1.807, 2.05) is 0 Å². The van der Waals surface area contributed by atoms with Crippen LogP contribution in [0.15, 0.2) is 18.2 Å². The summed E-state index contributed by atoms with van der Waals surface area (Å²) in [6.45, 7) is 2.48. The average Bonchev–Trinajstić information content (AvgIpc) is 2.25. The summed E-state index contributed by atoms with van der Waals surface area (Å²) in [5.74, 6) is -0.372. The van der Waals surface area contributed by atoms with Crippen molar-refractivity contribution in [3.05, 3.63) is 34.6 Å².